The summed E-state index contributed by atoms with van der Waals surface area (Å²) in [5.74, 6) is -0.981. The van der Waals surface area contributed by atoms with E-state index in [-0.39, 0.29) is 5.56 Å². The lowest BCUT2D eigenvalue weighted by molar-refractivity contribution is 0.103. The largest absolute Gasteiger partial charge is 0.288 e. The summed E-state index contributed by atoms with van der Waals surface area (Å²) in [5.41, 5.74) is 0.336. The van der Waals surface area contributed by atoms with E-state index in [1.165, 1.54) is 24.4 Å². The molecule has 5 heteroatoms. The Morgan fingerprint density at radius 2 is 2.28 bits per heavy atom. The van der Waals surface area contributed by atoms with E-state index < -0.39 is 11.6 Å². The zero-order valence-electron chi connectivity index (χ0n) is 9.86. The molecule has 0 radical (unpaired) electrons. The molecule has 0 aliphatic carbocycles. The van der Waals surface area contributed by atoms with Gasteiger partial charge < -0.3 is 0 Å². The Bertz CT molecular complexity index is 580. The highest BCUT2D eigenvalue weighted by molar-refractivity contribution is 6.31. The molecule has 0 bridgehead atoms. The smallest absolute Gasteiger partial charge is 0.199 e. The Morgan fingerprint density at radius 1 is 1.50 bits per heavy atom. The van der Waals surface area contributed by atoms with Gasteiger partial charge in [-0.3, -0.25) is 9.48 Å². The number of carbonyl (C=O) groups is 1. The van der Waals surface area contributed by atoms with Crippen molar-refractivity contribution < 1.29 is 9.18 Å². The van der Waals surface area contributed by atoms with Gasteiger partial charge >= 0.3 is 0 Å². The third-order valence-electron chi connectivity index (χ3n) is 2.52. The second-order valence-electron chi connectivity index (χ2n) is 3.95. The van der Waals surface area contributed by atoms with Gasteiger partial charge in [-0.05, 0) is 24.6 Å². The summed E-state index contributed by atoms with van der Waals surface area (Å²) in [4.78, 5) is 12.1. The average Bonchev–Trinajstić information content (AvgIpc) is 2.80. The lowest BCUT2D eigenvalue weighted by Gasteiger charge is -2.01. The molecule has 0 N–H and O–H groups in total. The molecular formula is C13H12ClFN2O. The molecule has 0 saturated heterocycles. The first-order valence-corrected chi connectivity index (χ1v) is 6.02. The van der Waals surface area contributed by atoms with Gasteiger partial charge in [0.1, 0.15) is 5.82 Å². The van der Waals surface area contributed by atoms with Crippen LogP contribution in [-0.2, 0) is 6.54 Å². The van der Waals surface area contributed by atoms with Crippen molar-refractivity contribution in [3.8, 4) is 0 Å². The zero-order chi connectivity index (χ0) is 13.1. The van der Waals surface area contributed by atoms with Crippen LogP contribution in [0.1, 0.15) is 29.3 Å². The fourth-order valence-electron chi connectivity index (χ4n) is 1.66. The van der Waals surface area contributed by atoms with E-state index in [1.54, 1.807) is 10.9 Å². The molecule has 1 heterocycles. The van der Waals surface area contributed by atoms with Gasteiger partial charge in [0, 0.05) is 17.8 Å². The maximum absolute atomic E-state index is 13.6. The summed E-state index contributed by atoms with van der Waals surface area (Å²) >= 11 is 5.76. The summed E-state index contributed by atoms with van der Waals surface area (Å²) in [6, 6.07) is 3.93. The van der Waals surface area contributed by atoms with Crippen molar-refractivity contribution in [3.05, 3.63) is 52.6 Å². The number of aromatic nitrogens is 2. The van der Waals surface area contributed by atoms with Crippen LogP contribution in [0.25, 0.3) is 0 Å². The summed E-state index contributed by atoms with van der Waals surface area (Å²) in [6.45, 7) is 2.74. The molecule has 0 saturated carbocycles. The maximum Gasteiger partial charge on any atom is 0.199 e. The zero-order valence-corrected chi connectivity index (χ0v) is 10.6. The van der Waals surface area contributed by atoms with Crippen LogP contribution >= 0.6 is 11.6 Å². The van der Waals surface area contributed by atoms with Gasteiger partial charge in [0.05, 0.1) is 17.3 Å². The Labute approximate surface area is 109 Å². The standard InChI is InChI=1S/C13H12ClFN2O/c1-2-5-17-8-9(7-16-17)13(18)11-6-10(14)3-4-12(11)15/h3-4,6-8H,2,5H2,1H3. The van der Waals surface area contributed by atoms with Crippen molar-refractivity contribution >= 4 is 17.4 Å². The molecule has 0 fully saturated rings. The second-order valence-corrected chi connectivity index (χ2v) is 4.38. The van der Waals surface area contributed by atoms with Gasteiger partial charge in [-0.2, -0.15) is 5.10 Å². The number of hydrogen-bond donors (Lipinski definition) is 0. The number of benzene rings is 1. The van der Waals surface area contributed by atoms with Gasteiger partial charge in [0.2, 0.25) is 0 Å². The molecule has 1 aromatic carbocycles. The first kappa shape index (κ1) is 12.8. The Morgan fingerprint density at radius 3 is 3.00 bits per heavy atom. The fourth-order valence-corrected chi connectivity index (χ4v) is 1.83. The molecule has 94 valence electrons. The van der Waals surface area contributed by atoms with E-state index in [4.69, 9.17) is 11.6 Å². The Hall–Kier alpha value is -1.68. The van der Waals surface area contributed by atoms with Crippen molar-refractivity contribution in [2.75, 3.05) is 0 Å². The molecule has 0 amide bonds. The van der Waals surface area contributed by atoms with Crippen LogP contribution in [0.3, 0.4) is 0 Å². The van der Waals surface area contributed by atoms with Gasteiger partial charge in [-0.1, -0.05) is 18.5 Å². The monoisotopic (exact) mass is 266 g/mol. The number of ketones is 1. The summed E-state index contributed by atoms with van der Waals surface area (Å²) in [5, 5.41) is 4.38. The molecule has 0 spiro atoms. The quantitative estimate of drug-likeness (QED) is 0.796. The SMILES string of the molecule is CCCn1cc(C(=O)c2cc(Cl)ccc2F)cn1. The first-order valence-electron chi connectivity index (χ1n) is 5.64. The minimum Gasteiger partial charge on any atom is -0.288 e. The van der Waals surface area contributed by atoms with Crippen molar-refractivity contribution in [2.45, 2.75) is 19.9 Å². The predicted molar refractivity (Wildman–Crippen MR) is 67.4 cm³/mol. The van der Waals surface area contributed by atoms with E-state index in [0.717, 1.165) is 13.0 Å². The van der Waals surface area contributed by atoms with Crippen LogP contribution < -0.4 is 0 Å². The average molecular weight is 267 g/mol. The van der Waals surface area contributed by atoms with Gasteiger partial charge in [-0.15, -0.1) is 0 Å². The van der Waals surface area contributed by atoms with Crippen LogP contribution in [-0.4, -0.2) is 15.6 Å². The summed E-state index contributed by atoms with van der Waals surface area (Å²) in [6.07, 6.45) is 3.98. The van der Waals surface area contributed by atoms with Crippen LogP contribution in [0.15, 0.2) is 30.6 Å². The molecule has 1 aromatic heterocycles. The molecule has 2 rings (SSSR count). The lowest BCUT2D eigenvalue weighted by atomic mass is 10.1. The second kappa shape index (κ2) is 5.31. The molecule has 2 aromatic rings. The number of carbonyl (C=O) groups excluding carboxylic acids is 1. The highest BCUT2D eigenvalue weighted by Crippen LogP contribution is 2.18. The highest BCUT2D eigenvalue weighted by Gasteiger charge is 2.16. The molecule has 0 atom stereocenters. The molecule has 18 heavy (non-hydrogen) atoms. The van der Waals surface area contributed by atoms with Crippen LogP contribution in [0.5, 0.6) is 0 Å². The fraction of sp³-hybridized carbons (Fsp3) is 0.231. The third kappa shape index (κ3) is 2.59. The minimum absolute atomic E-state index is 0.0291. The summed E-state index contributed by atoms with van der Waals surface area (Å²) < 4.78 is 15.2. The van der Waals surface area contributed by atoms with E-state index in [2.05, 4.69) is 5.10 Å². The normalized spacial score (nSPS) is 10.6. The number of halogens is 2. The molecule has 0 unspecified atom stereocenters. The first-order chi connectivity index (χ1) is 8.61. The number of rotatable bonds is 4. The number of hydrogen-bond acceptors (Lipinski definition) is 2. The molecule has 3 nitrogen and oxygen atoms in total. The summed E-state index contributed by atoms with van der Waals surface area (Å²) in [7, 11) is 0. The van der Waals surface area contributed by atoms with Crippen molar-refractivity contribution in [1.82, 2.24) is 9.78 Å². The van der Waals surface area contributed by atoms with E-state index in [1.807, 2.05) is 6.92 Å². The van der Waals surface area contributed by atoms with Crippen LogP contribution in [0, 0.1) is 5.82 Å². The van der Waals surface area contributed by atoms with Crippen LogP contribution in [0.4, 0.5) is 4.39 Å². The van der Waals surface area contributed by atoms with Gasteiger partial charge in [-0.25, -0.2) is 4.39 Å². The van der Waals surface area contributed by atoms with Crippen molar-refractivity contribution in [2.24, 2.45) is 0 Å². The number of aryl methyl sites for hydroxylation is 1. The Kier molecular flexibility index (Phi) is 3.77. The molecule has 0 aliphatic rings. The van der Waals surface area contributed by atoms with E-state index >= 15 is 0 Å². The van der Waals surface area contributed by atoms with Crippen molar-refractivity contribution in [1.29, 1.82) is 0 Å². The van der Waals surface area contributed by atoms with Crippen LogP contribution in [0.2, 0.25) is 5.02 Å². The topological polar surface area (TPSA) is 34.9 Å². The maximum atomic E-state index is 13.6. The van der Waals surface area contributed by atoms with Gasteiger partial charge in [0.15, 0.2) is 5.78 Å². The highest BCUT2D eigenvalue weighted by atomic mass is 35.5. The van der Waals surface area contributed by atoms with E-state index in [9.17, 15) is 9.18 Å². The molecule has 0 aliphatic heterocycles. The van der Waals surface area contributed by atoms with E-state index in [0.29, 0.717) is 10.6 Å². The van der Waals surface area contributed by atoms with Crippen molar-refractivity contribution in [3.63, 3.8) is 0 Å². The lowest BCUT2D eigenvalue weighted by Crippen LogP contribution is -2.03. The number of nitrogens with zero attached hydrogens (tertiary/aromatic N) is 2. The minimum atomic E-state index is -0.576. The third-order valence-corrected chi connectivity index (χ3v) is 2.76. The predicted octanol–water partition coefficient (Wildman–Crippen LogP) is 3.32. The molecular weight excluding hydrogens is 255 g/mol. The Balaban J connectivity index is 2.32. The van der Waals surface area contributed by atoms with Gasteiger partial charge in [0.25, 0.3) is 0 Å².